The van der Waals surface area contributed by atoms with Gasteiger partial charge in [-0.3, -0.25) is 9.69 Å². The molecule has 0 aliphatic carbocycles. The zero-order valence-corrected chi connectivity index (χ0v) is 15.4. The lowest BCUT2D eigenvalue weighted by molar-refractivity contribution is -0.137. The molecule has 0 fully saturated rings. The van der Waals surface area contributed by atoms with Crippen LogP contribution in [0, 0.1) is 0 Å². The van der Waals surface area contributed by atoms with Gasteiger partial charge in [0.1, 0.15) is 11.0 Å². The third kappa shape index (κ3) is 3.96. The number of aromatic nitrogens is 2. The van der Waals surface area contributed by atoms with Gasteiger partial charge < -0.3 is 0 Å². The number of anilines is 1. The molecule has 1 amide bonds. The maximum Gasteiger partial charge on any atom is 0.416 e. The fourth-order valence-corrected chi connectivity index (χ4v) is 3.54. The van der Waals surface area contributed by atoms with Crippen LogP contribution in [-0.2, 0) is 23.9 Å². The summed E-state index contributed by atoms with van der Waals surface area (Å²) in [5.41, 5.74) is 0.416. The minimum absolute atomic E-state index is 0.0908. The Morgan fingerprint density at radius 1 is 1.23 bits per heavy atom. The molecule has 4 nitrogen and oxygen atoms in total. The fraction of sp³-hybridized carbons (Fsp3) is 0.353. The summed E-state index contributed by atoms with van der Waals surface area (Å²) in [5.74, 6) is 1.06. The van der Waals surface area contributed by atoms with Gasteiger partial charge in [0.25, 0.3) is 0 Å². The van der Waals surface area contributed by atoms with Crippen molar-refractivity contribution in [2.45, 2.75) is 37.6 Å². The highest BCUT2D eigenvalue weighted by molar-refractivity contribution is 7.99. The number of benzene rings is 1. The molecule has 9 heteroatoms. The first kappa shape index (κ1) is 19.0. The molecule has 0 saturated carbocycles. The van der Waals surface area contributed by atoms with Crippen molar-refractivity contribution in [3.8, 4) is 0 Å². The van der Waals surface area contributed by atoms with E-state index in [1.54, 1.807) is 0 Å². The number of carbonyl (C=O) groups is 1. The Morgan fingerprint density at radius 3 is 2.54 bits per heavy atom. The van der Waals surface area contributed by atoms with Crippen molar-refractivity contribution in [2.75, 3.05) is 10.7 Å². The second-order valence-electron chi connectivity index (χ2n) is 5.80. The van der Waals surface area contributed by atoms with E-state index in [1.165, 1.54) is 28.8 Å². The quantitative estimate of drug-likeness (QED) is 0.412. The van der Waals surface area contributed by atoms with Crippen LogP contribution in [0.1, 0.15) is 30.0 Å². The van der Waals surface area contributed by atoms with E-state index in [-0.39, 0.29) is 24.0 Å². The minimum Gasteiger partial charge on any atom is -0.292 e. The van der Waals surface area contributed by atoms with Gasteiger partial charge in [0.15, 0.2) is 5.16 Å². The molecule has 0 spiro atoms. The molecule has 3 rings (SSSR count). The van der Waals surface area contributed by atoms with Crippen LogP contribution in [0.15, 0.2) is 29.4 Å². The van der Waals surface area contributed by atoms with Gasteiger partial charge in [-0.15, -0.1) is 0 Å². The summed E-state index contributed by atoms with van der Waals surface area (Å²) >= 11 is 7.64. The van der Waals surface area contributed by atoms with Gasteiger partial charge in [-0.2, -0.15) is 13.2 Å². The summed E-state index contributed by atoms with van der Waals surface area (Å²) in [5, 5.41) is 0.736. The van der Waals surface area contributed by atoms with Crippen molar-refractivity contribution in [2.24, 2.45) is 0 Å². The van der Waals surface area contributed by atoms with Gasteiger partial charge in [0.05, 0.1) is 18.5 Å². The molecule has 1 aliphatic rings. The predicted octanol–water partition coefficient (Wildman–Crippen LogP) is 4.74. The normalized spacial score (nSPS) is 14.0. The number of fused-ring (bicyclic) bond motifs is 1. The number of thioether (sulfide) groups is 1. The Kier molecular flexibility index (Phi) is 5.43. The van der Waals surface area contributed by atoms with Crippen molar-refractivity contribution in [1.29, 1.82) is 0 Å². The van der Waals surface area contributed by atoms with E-state index in [0.29, 0.717) is 22.1 Å². The molecule has 26 heavy (non-hydrogen) atoms. The van der Waals surface area contributed by atoms with E-state index in [2.05, 4.69) is 9.97 Å². The largest absolute Gasteiger partial charge is 0.416 e. The molecule has 138 valence electrons. The second-order valence-corrected chi connectivity index (χ2v) is 7.22. The zero-order chi connectivity index (χ0) is 18.9. The number of rotatable bonds is 5. The van der Waals surface area contributed by atoms with Crippen LogP contribution < -0.4 is 4.90 Å². The third-order valence-corrected chi connectivity index (χ3v) is 5.22. The summed E-state index contributed by atoms with van der Waals surface area (Å²) in [6.07, 6.45) is -3.36. The number of carbonyl (C=O) groups excluding carboxylic acids is 1. The Hall–Kier alpha value is -1.80. The molecule has 1 aliphatic heterocycles. The monoisotopic (exact) mass is 401 g/mol. The number of hydrogen-bond donors (Lipinski definition) is 0. The van der Waals surface area contributed by atoms with E-state index in [9.17, 15) is 18.0 Å². The van der Waals surface area contributed by atoms with Gasteiger partial charge in [-0.05, 0) is 24.1 Å². The summed E-state index contributed by atoms with van der Waals surface area (Å²) in [6.45, 7) is 2.16. The molecule has 0 bridgehead atoms. The molecule has 0 N–H and O–H groups in total. The molecule has 0 saturated heterocycles. The average Bonchev–Trinajstić information content (AvgIpc) is 2.89. The maximum atomic E-state index is 12.7. The summed E-state index contributed by atoms with van der Waals surface area (Å²) < 4.78 is 38.0. The van der Waals surface area contributed by atoms with E-state index in [1.807, 2.05) is 6.92 Å². The minimum atomic E-state index is -4.39. The van der Waals surface area contributed by atoms with E-state index >= 15 is 0 Å². The smallest absolute Gasteiger partial charge is 0.292 e. The molecule has 1 aromatic carbocycles. The third-order valence-electron chi connectivity index (χ3n) is 3.86. The Labute approximate surface area is 157 Å². The summed E-state index contributed by atoms with van der Waals surface area (Å²) in [6, 6.07) is 4.74. The molecule has 0 unspecified atom stereocenters. The first-order valence-electron chi connectivity index (χ1n) is 7.95. The molecule has 2 heterocycles. The van der Waals surface area contributed by atoms with Gasteiger partial charge in [-0.1, -0.05) is 42.4 Å². The number of halogens is 4. The molecule has 0 radical (unpaired) electrons. The van der Waals surface area contributed by atoms with Crippen molar-refractivity contribution < 1.29 is 18.0 Å². The summed E-state index contributed by atoms with van der Waals surface area (Å²) in [7, 11) is 0. The van der Waals surface area contributed by atoms with Gasteiger partial charge in [0, 0.05) is 11.3 Å². The zero-order valence-electron chi connectivity index (χ0n) is 13.8. The number of hydrogen-bond acceptors (Lipinski definition) is 4. The highest BCUT2D eigenvalue weighted by Crippen LogP contribution is 2.35. The average molecular weight is 402 g/mol. The van der Waals surface area contributed by atoms with Crippen LogP contribution >= 0.6 is 23.4 Å². The Bertz CT molecular complexity index is 827. The number of nitrogens with zero attached hydrogens (tertiary/aromatic N) is 3. The topological polar surface area (TPSA) is 46.1 Å². The molecule has 2 aromatic rings. The lowest BCUT2D eigenvalue weighted by Crippen LogP contribution is -2.26. The first-order valence-corrected chi connectivity index (χ1v) is 9.31. The lowest BCUT2D eigenvalue weighted by atomic mass is 10.1. The van der Waals surface area contributed by atoms with Crippen LogP contribution in [0.25, 0.3) is 0 Å². The van der Waals surface area contributed by atoms with Crippen molar-refractivity contribution in [3.63, 3.8) is 0 Å². The standard InChI is InChI=1S/C17H15ClF3N3OS/c1-2-7-26-16-22-14(18)12-8-13(25)24(15(12)23-16)9-10-3-5-11(6-4-10)17(19,20)21/h3-6H,2,7-9H2,1H3. The van der Waals surface area contributed by atoms with Gasteiger partial charge in [-0.25, -0.2) is 9.97 Å². The molecule has 0 atom stereocenters. The fourth-order valence-electron chi connectivity index (χ4n) is 2.57. The van der Waals surface area contributed by atoms with Crippen LogP contribution in [0.5, 0.6) is 0 Å². The van der Waals surface area contributed by atoms with Crippen LogP contribution in [-0.4, -0.2) is 21.6 Å². The number of amides is 1. The molecular weight excluding hydrogens is 387 g/mol. The highest BCUT2D eigenvalue weighted by Gasteiger charge is 2.33. The SMILES string of the molecule is CCCSc1nc(Cl)c2c(n1)N(Cc1ccc(C(F)(F)F)cc1)C(=O)C2. The first-order chi connectivity index (χ1) is 12.3. The Balaban J connectivity index is 1.86. The molecule has 1 aromatic heterocycles. The van der Waals surface area contributed by atoms with Crippen LogP contribution in [0.4, 0.5) is 19.0 Å². The predicted molar refractivity (Wildman–Crippen MR) is 94.4 cm³/mol. The van der Waals surface area contributed by atoms with Crippen LogP contribution in [0.3, 0.4) is 0 Å². The highest BCUT2D eigenvalue weighted by atomic mass is 35.5. The van der Waals surface area contributed by atoms with E-state index in [4.69, 9.17) is 11.6 Å². The van der Waals surface area contributed by atoms with Gasteiger partial charge in [0.2, 0.25) is 5.91 Å². The molecular formula is C17H15ClF3N3OS. The van der Waals surface area contributed by atoms with Crippen molar-refractivity contribution >= 4 is 35.1 Å². The lowest BCUT2D eigenvalue weighted by Gasteiger charge is -2.17. The van der Waals surface area contributed by atoms with E-state index < -0.39 is 11.7 Å². The summed E-state index contributed by atoms with van der Waals surface area (Å²) in [4.78, 5) is 22.4. The number of alkyl halides is 3. The van der Waals surface area contributed by atoms with Crippen LogP contribution in [0.2, 0.25) is 5.15 Å². The van der Waals surface area contributed by atoms with Crippen molar-refractivity contribution in [3.05, 3.63) is 46.1 Å². The Morgan fingerprint density at radius 2 is 1.92 bits per heavy atom. The maximum absolute atomic E-state index is 12.7. The van der Waals surface area contributed by atoms with E-state index in [0.717, 1.165) is 24.3 Å². The van der Waals surface area contributed by atoms with Crippen molar-refractivity contribution in [1.82, 2.24) is 9.97 Å². The van der Waals surface area contributed by atoms with Gasteiger partial charge >= 0.3 is 6.18 Å². The second kappa shape index (κ2) is 7.44.